The second-order valence-electron chi connectivity index (χ2n) is 6.25. The molecule has 0 spiro atoms. The largest absolute Gasteiger partial charge is 0.508 e. The summed E-state index contributed by atoms with van der Waals surface area (Å²) in [6.45, 7) is 1.85. The highest BCUT2D eigenvalue weighted by molar-refractivity contribution is 5.92. The summed E-state index contributed by atoms with van der Waals surface area (Å²) >= 11 is 0. The number of nitrogens with two attached hydrogens (primary N) is 1. The predicted molar refractivity (Wildman–Crippen MR) is 89.8 cm³/mol. The van der Waals surface area contributed by atoms with Crippen molar-refractivity contribution in [3.8, 4) is 5.75 Å². The van der Waals surface area contributed by atoms with Crippen LogP contribution in [0.25, 0.3) is 0 Å². The van der Waals surface area contributed by atoms with E-state index in [1.807, 2.05) is 0 Å². The van der Waals surface area contributed by atoms with Gasteiger partial charge in [0, 0.05) is 13.0 Å². The number of carbonyl (C=O) groups excluding carboxylic acids is 2. The van der Waals surface area contributed by atoms with Gasteiger partial charge in [0.2, 0.25) is 11.8 Å². The Hall–Kier alpha value is -2.61. The van der Waals surface area contributed by atoms with Gasteiger partial charge in [-0.05, 0) is 37.5 Å². The number of benzene rings is 1. The number of amides is 2. The first-order valence-electron chi connectivity index (χ1n) is 8.16. The molecule has 1 aliphatic heterocycles. The molecule has 0 bridgehead atoms. The summed E-state index contributed by atoms with van der Waals surface area (Å²) in [4.78, 5) is 37.5. The molecule has 1 aliphatic rings. The monoisotopic (exact) mass is 349 g/mol. The number of nitrogens with zero attached hydrogens (tertiary/aromatic N) is 1. The van der Waals surface area contributed by atoms with E-state index < -0.39 is 35.9 Å². The third-order valence-electron chi connectivity index (χ3n) is 4.23. The van der Waals surface area contributed by atoms with Gasteiger partial charge in [-0.15, -0.1) is 0 Å². The molecule has 0 radical (unpaired) electrons. The van der Waals surface area contributed by atoms with E-state index in [0.717, 1.165) is 5.56 Å². The summed E-state index contributed by atoms with van der Waals surface area (Å²) in [5.41, 5.74) is 6.29. The summed E-state index contributed by atoms with van der Waals surface area (Å²) in [5, 5.41) is 21.2. The second-order valence-corrected chi connectivity index (χ2v) is 6.25. The Labute approximate surface area is 145 Å². The van der Waals surface area contributed by atoms with E-state index in [1.165, 1.54) is 24.0 Å². The summed E-state index contributed by atoms with van der Waals surface area (Å²) in [7, 11) is 0. The first kappa shape index (κ1) is 18.7. The van der Waals surface area contributed by atoms with Crippen LogP contribution in [0.3, 0.4) is 0 Å². The highest BCUT2D eigenvalue weighted by Crippen LogP contribution is 2.20. The Morgan fingerprint density at radius 1 is 1.32 bits per heavy atom. The van der Waals surface area contributed by atoms with E-state index in [-0.39, 0.29) is 12.2 Å². The van der Waals surface area contributed by atoms with Crippen LogP contribution in [0.5, 0.6) is 5.75 Å². The minimum absolute atomic E-state index is 0.0942. The average Bonchev–Trinajstić information content (AvgIpc) is 3.05. The standard InChI is InChI=1S/C17H23N3O5/c1-10(18)15(22)19-13(9-11-4-6-12(21)7-5-11)16(23)20-8-2-3-14(20)17(24)25/h4-7,10,13-14,21H,2-3,8-9,18H2,1H3,(H,19,22)(H,24,25). The van der Waals surface area contributed by atoms with Crippen LogP contribution in [-0.4, -0.2) is 57.6 Å². The molecule has 1 aromatic carbocycles. The number of carbonyl (C=O) groups is 3. The number of rotatable bonds is 6. The Bertz CT molecular complexity index is 644. The minimum Gasteiger partial charge on any atom is -0.508 e. The molecule has 136 valence electrons. The molecule has 2 amide bonds. The van der Waals surface area contributed by atoms with E-state index in [4.69, 9.17) is 5.73 Å². The Balaban J connectivity index is 2.20. The summed E-state index contributed by atoms with van der Waals surface area (Å²) in [6.07, 6.45) is 1.19. The van der Waals surface area contributed by atoms with Crippen molar-refractivity contribution in [2.24, 2.45) is 5.73 Å². The van der Waals surface area contributed by atoms with Crippen molar-refractivity contribution in [2.45, 2.75) is 44.3 Å². The highest BCUT2D eigenvalue weighted by atomic mass is 16.4. The fraction of sp³-hybridized carbons (Fsp3) is 0.471. The number of nitrogens with one attached hydrogen (secondary N) is 1. The van der Waals surface area contributed by atoms with Gasteiger partial charge in [-0.1, -0.05) is 12.1 Å². The van der Waals surface area contributed by atoms with Crippen molar-refractivity contribution in [1.29, 1.82) is 0 Å². The van der Waals surface area contributed by atoms with Crippen molar-refractivity contribution in [3.05, 3.63) is 29.8 Å². The van der Waals surface area contributed by atoms with Crippen LogP contribution in [0.1, 0.15) is 25.3 Å². The molecule has 8 nitrogen and oxygen atoms in total. The molecule has 5 N–H and O–H groups in total. The molecule has 1 heterocycles. The van der Waals surface area contributed by atoms with E-state index in [2.05, 4.69) is 5.32 Å². The zero-order valence-corrected chi connectivity index (χ0v) is 14.0. The maximum atomic E-state index is 12.8. The topological polar surface area (TPSA) is 133 Å². The fourth-order valence-electron chi connectivity index (χ4n) is 2.86. The number of carboxylic acids is 1. The van der Waals surface area contributed by atoms with Crippen molar-refractivity contribution in [1.82, 2.24) is 10.2 Å². The van der Waals surface area contributed by atoms with Gasteiger partial charge in [-0.25, -0.2) is 4.79 Å². The van der Waals surface area contributed by atoms with E-state index in [0.29, 0.717) is 19.4 Å². The number of aromatic hydroxyl groups is 1. The van der Waals surface area contributed by atoms with Crippen molar-refractivity contribution < 1.29 is 24.6 Å². The number of likely N-dealkylation sites (tertiary alicyclic amines) is 1. The first-order chi connectivity index (χ1) is 11.8. The Kier molecular flexibility index (Phi) is 5.97. The van der Waals surface area contributed by atoms with Gasteiger partial charge in [0.15, 0.2) is 0 Å². The predicted octanol–water partition coefficient (Wildman–Crippen LogP) is -0.158. The summed E-state index contributed by atoms with van der Waals surface area (Å²) in [6, 6.07) is 3.69. The van der Waals surface area contributed by atoms with Crippen molar-refractivity contribution >= 4 is 17.8 Å². The molecule has 0 saturated carbocycles. The second kappa shape index (κ2) is 7.98. The Morgan fingerprint density at radius 2 is 1.96 bits per heavy atom. The molecule has 1 saturated heterocycles. The first-order valence-corrected chi connectivity index (χ1v) is 8.16. The van der Waals surface area contributed by atoms with Crippen LogP contribution in [-0.2, 0) is 20.8 Å². The van der Waals surface area contributed by atoms with Crippen LogP contribution in [0, 0.1) is 0 Å². The lowest BCUT2D eigenvalue weighted by atomic mass is 10.0. The third kappa shape index (κ3) is 4.69. The minimum atomic E-state index is -1.05. The van der Waals surface area contributed by atoms with Crippen molar-refractivity contribution in [2.75, 3.05) is 6.54 Å². The summed E-state index contributed by atoms with van der Waals surface area (Å²) in [5.74, 6) is -1.88. The fourth-order valence-corrected chi connectivity index (χ4v) is 2.86. The number of phenolic OH excluding ortho intramolecular Hbond substituents is 1. The Morgan fingerprint density at radius 3 is 2.52 bits per heavy atom. The molecule has 1 fully saturated rings. The zero-order chi connectivity index (χ0) is 18.6. The lowest BCUT2D eigenvalue weighted by Crippen LogP contribution is -2.54. The van der Waals surface area contributed by atoms with Gasteiger partial charge in [0.1, 0.15) is 17.8 Å². The van der Waals surface area contributed by atoms with Crippen LogP contribution in [0.2, 0.25) is 0 Å². The van der Waals surface area contributed by atoms with Crippen LogP contribution in [0.15, 0.2) is 24.3 Å². The smallest absolute Gasteiger partial charge is 0.326 e. The van der Waals surface area contributed by atoms with Gasteiger partial charge >= 0.3 is 5.97 Å². The number of phenols is 1. The van der Waals surface area contributed by atoms with E-state index >= 15 is 0 Å². The lowest BCUT2D eigenvalue weighted by molar-refractivity contribution is -0.149. The molecule has 1 aromatic rings. The number of hydrogen-bond donors (Lipinski definition) is 4. The van der Waals surface area contributed by atoms with Crippen molar-refractivity contribution in [3.63, 3.8) is 0 Å². The lowest BCUT2D eigenvalue weighted by Gasteiger charge is -2.28. The average molecular weight is 349 g/mol. The van der Waals surface area contributed by atoms with Crippen LogP contribution >= 0.6 is 0 Å². The van der Waals surface area contributed by atoms with Gasteiger partial charge in [0.05, 0.1) is 6.04 Å². The number of carboxylic acid groups (broad SMARTS) is 1. The summed E-state index contributed by atoms with van der Waals surface area (Å²) < 4.78 is 0. The van der Waals surface area contributed by atoms with Gasteiger partial charge < -0.3 is 26.2 Å². The molecule has 3 unspecified atom stereocenters. The normalized spacial score (nSPS) is 19.3. The molecule has 8 heteroatoms. The maximum absolute atomic E-state index is 12.8. The number of aliphatic carboxylic acids is 1. The molecule has 0 aromatic heterocycles. The zero-order valence-electron chi connectivity index (χ0n) is 14.0. The van der Waals surface area contributed by atoms with Gasteiger partial charge in [-0.3, -0.25) is 9.59 Å². The van der Waals surface area contributed by atoms with E-state index in [1.54, 1.807) is 12.1 Å². The molecular weight excluding hydrogens is 326 g/mol. The third-order valence-corrected chi connectivity index (χ3v) is 4.23. The molecule has 25 heavy (non-hydrogen) atoms. The van der Waals surface area contributed by atoms with Crippen LogP contribution < -0.4 is 11.1 Å². The molecule has 2 rings (SSSR count). The highest BCUT2D eigenvalue weighted by Gasteiger charge is 2.37. The quantitative estimate of drug-likeness (QED) is 0.564. The molecular formula is C17H23N3O5. The molecule has 3 atom stereocenters. The maximum Gasteiger partial charge on any atom is 0.326 e. The van der Waals surface area contributed by atoms with Crippen LogP contribution in [0.4, 0.5) is 0 Å². The van der Waals surface area contributed by atoms with Gasteiger partial charge in [0.25, 0.3) is 0 Å². The SMILES string of the molecule is CC(N)C(=O)NC(Cc1ccc(O)cc1)C(=O)N1CCCC1C(=O)O. The molecule has 0 aliphatic carbocycles. The van der Waals surface area contributed by atoms with E-state index in [9.17, 15) is 24.6 Å². The number of hydrogen-bond acceptors (Lipinski definition) is 5. The van der Waals surface area contributed by atoms with Gasteiger partial charge in [-0.2, -0.15) is 0 Å².